The predicted octanol–water partition coefficient (Wildman–Crippen LogP) is 1.58. The van der Waals surface area contributed by atoms with Crippen molar-refractivity contribution in [1.82, 2.24) is 34.0 Å². The smallest absolute Gasteiger partial charge is 0.408 e. The Labute approximate surface area is 183 Å². The molecule has 0 spiro atoms. The van der Waals surface area contributed by atoms with Crippen molar-refractivity contribution < 1.29 is 9.21 Å². The van der Waals surface area contributed by atoms with Crippen molar-refractivity contribution in [1.29, 1.82) is 0 Å². The van der Waals surface area contributed by atoms with Gasteiger partial charge in [0.2, 0.25) is 5.91 Å². The number of aromatic nitrogens is 6. The van der Waals surface area contributed by atoms with Gasteiger partial charge in [-0.15, -0.1) is 10.2 Å². The van der Waals surface area contributed by atoms with E-state index in [1.807, 2.05) is 17.8 Å². The number of hydrogen-bond donors (Lipinski definition) is 0. The summed E-state index contributed by atoms with van der Waals surface area (Å²) in [5.74, 6) is 0.789. The van der Waals surface area contributed by atoms with Gasteiger partial charge in [0.1, 0.15) is 18.6 Å². The van der Waals surface area contributed by atoms with Crippen molar-refractivity contribution in [3.8, 4) is 11.5 Å². The molecule has 4 heterocycles. The van der Waals surface area contributed by atoms with Crippen molar-refractivity contribution in [3.63, 3.8) is 0 Å². The van der Waals surface area contributed by atoms with E-state index in [1.54, 1.807) is 29.4 Å². The average Bonchev–Trinajstić information content (AvgIpc) is 3.26. The van der Waals surface area contributed by atoms with Gasteiger partial charge in [0.25, 0.3) is 0 Å². The first-order valence-electron chi connectivity index (χ1n) is 10.9. The van der Waals surface area contributed by atoms with Gasteiger partial charge >= 0.3 is 5.76 Å². The van der Waals surface area contributed by atoms with E-state index in [9.17, 15) is 9.59 Å². The van der Waals surface area contributed by atoms with Crippen LogP contribution in [0.2, 0.25) is 0 Å². The van der Waals surface area contributed by atoms with Gasteiger partial charge in [-0.2, -0.15) is 5.10 Å². The number of benzene rings is 1. The minimum atomic E-state index is -0.521. The third-order valence-electron chi connectivity index (χ3n) is 6.44. The zero-order valence-corrected chi connectivity index (χ0v) is 17.8. The number of amides is 1. The van der Waals surface area contributed by atoms with Crippen molar-refractivity contribution >= 4 is 17.0 Å². The van der Waals surface area contributed by atoms with E-state index >= 15 is 0 Å². The van der Waals surface area contributed by atoms with Gasteiger partial charge < -0.3 is 13.9 Å². The van der Waals surface area contributed by atoms with E-state index in [-0.39, 0.29) is 12.5 Å². The van der Waals surface area contributed by atoms with Crippen LogP contribution in [0.3, 0.4) is 0 Å². The highest BCUT2D eigenvalue weighted by molar-refractivity contribution is 5.80. The van der Waals surface area contributed by atoms with Crippen LogP contribution in [-0.4, -0.2) is 46.5 Å². The largest absolute Gasteiger partial charge is 0.420 e. The highest BCUT2D eigenvalue weighted by Crippen LogP contribution is 2.33. The Morgan fingerprint density at radius 3 is 2.94 bits per heavy atom. The predicted molar refractivity (Wildman–Crippen MR) is 115 cm³/mol. The molecule has 1 saturated carbocycles. The van der Waals surface area contributed by atoms with Gasteiger partial charge in [-0.1, -0.05) is 12.1 Å². The molecule has 4 aromatic rings. The zero-order valence-electron chi connectivity index (χ0n) is 17.8. The SMILES string of the molecule is Cn1nc(-c2nncn2CC2CC2)c2c1CCN(C(=O)Cn1c(=O)oc3ccccc31)C2. The highest BCUT2D eigenvalue weighted by atomic mass is 16.4. The molecular formula is C22H23N7O3. The summed E-state index contributed by atoms with van der Waals surface area (Å²) in [6, 6.07) is 7.14. The number of carbonyl (C=O) groups is 1. The maximum atomic E-state index is 13.2. The molecule has 32 heavy (non-hydrogen) atoms. The van der Waals surface area contributed by atoms with Crippen molar-refractivity contribution in [2.24, 2.45) is 13.0 Å². The molecule has 1 aliphatic carbocycles. The van der Waals surface area contributed by atoms with E-state index in [4.69, 9.17) is 9.52 Å². The first-order valence-corrected chi connectivity index (χ1v) is 10.9. The lowest BCUT2D eigenvalue weighted by Gasteiger charge is -2.27. The number of nitrogens with zero attached hydrogens (tertiary/aromatic N) is 7. The molecule has 1 fully saturated rings. The Morgan fingerprint density at radius 1 is 1.25 bits per heavy atom. The van der Waals surface area contributed by atoms with Gasteiger partial charge in [-0.3, -0.25) is 14.0 Å². The third-order valence-corrected chi connectivity index (χ3v) is 6.44. The van der Waals surface area contributed by atoms with Crippen LogP contribution >= 0.6 is 0 Å². The number of carbonyl (C=O) groups excluding carboxylic acids is 1. The van der Waals surface area contributed by atoms with Crippen LogP contribution in [0.15, 0.2) is 39.8 Å². The first kappa shape index (κ1) is 19.0. The van der Waals surface area contributed by atoms with Crippen LogP contribution < -0.4 is 5.76 Å². The molecule has 6 rings (SSSR count). The van der Waals surface area contributed by atoms with Crippen LogP contribution in [0.4, 0.5) is 0 Å². The van der Waals surface area contributed by atoms with E-state index < -0.39 is 5.76 Å². The molecule has 0 N–H and O–H groups in total. The summed E-state index contributed by atoms with van der Waals surface area (Å²) in [6.07, 6.45) is 4.93. The number of hydrogen-bond acceptors (Lipinski definition) is 6. The molecule has 0 radical (unpaired) electrons. The Bertz CT molecular complexity index is 1390. The fourth-order valence-electron chi connectivity index (χ4n) is 4.53. The van der Waals surface area contributed by atoms with Crippen molar-refractivity contribution in [2.75, 3.05) is 6.54 Å². The fraction of sp³-hybridized carbons (Fsp3) is 0.409. The van der Waals surface area contributed by atoms with Crippen LogP contribution in [-0.2, 0) is 37.9 Å². The lowest BCUT2D eigenvalue weighted by molar-refractivity contribution is -0.132. The second-order valence-corrected chi connectivity index (χ2v) is 8.63. The summed E-state index contributed by atoms with van der Waals surface area (Å²) < 4.78 is 10.6. The summed E-state index contributed by atoms with van der Waals surface area (Å²) in [7, 11) is 1.93. The molecule has 1 aliphatic heterocycles. The molecule has 164 valence electrons. The van der Waals surface area contributed by atoms with Crippen LogP contribution in [0.5, 0.6) is 0 Å². The monoisotopic (exact) mass is 433 g/mol. The van der Waals surface area contributed by atoms with E-state index in [1.165, 1.54) is 17.4 Å². The summed E-state index contributed by atoms with van der Waals surface area (Å²) in [6.45, 7) is 1.84. The Kier molecular flexibility index (Phi) is 4.27. The quantitative estimate of drug-likeness (QED) is 0.473. The molecule has 10 heteroatoms. The second-order valence-electron chi connectivity index (χ2n) is 8.63. The Hall–Kier alpha value is -3.69. The van der Waals surface area contributed by atoms with E-state index in [0.717, 1.165) is 29.3 Å². The molecule has 2 aliphatic rings. The standard InChI is InChI=1S/C22H23N7O3/c1-26-16-8-9-27(19(30)12-29-17-4-2-3-5-18(17)32-22(29)31)11-15(16)20(25-26)21-24-23-13-28(21)10-14-6-7-14/h2-5,13-14H,6-12H2,1H3. The maximum Gasteiger partial charge on any atom is 0.420 e. The summed E-state index contributed by atoms with van der Waals surface area (Å²) >= 11 is 0. The summed E-state index contributed by atoms with van der Waals surface area (Å²) in [5, 5.41) is 13.2. The molecule has 1 aromatic carbocycles. The molecule has 3 aromatic heterocycles. The van der Waals surface area contributed by atoms with Crippen molar-refractivity contribution in [3.05, 3.63) is 52.4 Å². The number of rotatable bonds is 5. The van der Waals surface area contributed by atoms with E-state index in [0.29, 0.717) is 36.5 Å². The third kappa shape index (κ3) is 3.14. The molecule has 0 bridgehead atoms. The summed E-state index contributed by atoms with van der Waals surface area (Å²) in [4.78, 5) is 27.2. The fourth-order valence-corrected chi connectivity index (χ4v) is 4.53. The van der Waals surface area contributed by atoms with Gasteiger partial charge in [0.15, 0.2) is 11.4 Å². The zero-order chi connectivity index (χ0) is 21.8. The van der Waals surface area contributed by atoms with Gasteiger partial charge in [0, 0.05) is 44.4 Å². The lowest BCUT2D eigenvalue weighted by Crippen LogP contribution is -2.39. The van der Waals surface area contributed by atoms with Gasteiger partial charge in [-0.05, 0) is 30.9 Å². The number of aryl methyl sites for hydroxylation is 1. The minimum absolute atomic E-state index is 0.0569. The number of para-hydroxylation sites is 2. The number of oxazole rings is 1. The van der Waals surface area contributed by atoms with Crippen LogP contribution in [0.25, 0.3) is 22.6 Å². The average molecular weight is 433 g/mol. The second kappa shape index (κ2) is 7.18. The normalized spacial score (nSPS) is 16.0. The molecule has 1 amide bonds. The van der Waals surface area contributed by atoms with Gasteiger partial charge in [0.05, 0.1) is 5.52 Å². The topological polar surface area (TPSA) is 104 Å². The summed E-state index contributed by atoms with van der Waals surface area (Å²) in [5.41, 5.74) is 4.00. The van der Waals surface area contributed by atoms with Crippen LogP contribution in [0, 0.1) is 5.92 Å². The molecule has 0 saturated heterocycles. The lowest BCUT2D eigenvalue weighted by atomic mass is 10.0. The number of fused-ring (bicyclic) bond motifs is 2. The molecule has 0 unspecified atom stereocenters. The molecule has 10 nitrogen and oxygen atoms in total. The first-order chi connectivity index (χ1) is 15.6. The molecular weight excluding hydrogens is 410 g/mol. The van der Waals surface area contributed by atoms with E-state index in [2.05, 4.69) is 14.8 Å². The van der Waals surface area contributed by atoms with Gasteiger partial charge in [-0.25, -0.2) is 4.79 Å². The van der Waals surface area contributed by atoms with Crippen molar-refractivity contribution in [2.45, 2.75) is 38.9 Å². The molecule has 0 atom stereocenters. The maximum absolute atomic E-state index is 13.2. The highest BCUT2D eigenvalue weighted by Gasteiger charge is 2.30. The Balaban J connectivity index is 1.29. The Morgan fingerprint density at radius 2 is 2.09 bits per heavy atom. The minimum Gasteiger partial charge on any atom is -0.408 e. The van der Waals surface area contributed by atoms with Crippen LogP contribution in [0.1, 0.15) is 24.1 Å².